The van der Waals surface area contributed by atoms with Crippen LogP contribution in [0.3, 0.4) is 0 Å². The van der Waals surface area contributed by atoms with Gasteiger partial charge in [-0.25, -0.2) is 8.42 Å². The number of carbonyl (C=O) groups excluding carboxylic acids is 1. The average Bonchev–Trinajstić information content (AvgIpc) is 2.54. The molecule has 5 nitrogen and oxygen atoms in total. The van der Waals surface area contributed by atoms with Crippen molar-refractivity contribution in [2.45, 2.75) is 19.3 Å². The number of halogens is 1. The Morgan fingerprint density at radius 1 is 1.21 bits per heavy atom. The van der Waals surface area contributed by atoms with Crippen LogP contribution >= 0.6 is 12.4 Å². The first-order chi connectivity index (χ1) is 11.1. The largest absolute Gasteiger partial charge is 0.351 e. The van der Waals surface area contributed by atoms with Crippen LogP contribution in [-0.2, 0) is 21.1 Å². The Bertz CT molecular complexity index is 645. The van der Waals surface area contributed by atoms with Gasteiger partial charge in [0, 0.05) is 13.1 Å². The quantitative estimate of drug-likeness (QED) is 0.678. The lowest BCUT2D eigenvalue weighted by Crippen LogP contribution is -2.34. The number of carbonyl (C=O) groups is 1. The normalized spacial score (nSPS) is 14.4. The lowest BCUT2D eigenvalue weighted by atomic mass is 10.1. The van der Waals surface area contributed by atoms with Gasteiger partial charge in [-0.3, -0.25) is 4.79 Å². The van der Waals surface area contributed by atoms with Gasteiger partial charge in [-0.15, -0.1) is 12.4 Å². The summed E-state index contributed by atoms with van der Waals surface area (Å²) >= 11 is 0. The molecule has 0 fully saturated rings. The minimum Gasteiger partial charge on any atom is -0.351 e. The van der Waals surface area contributed by atoms with Gasteiger partial charge in [-0.2, -0.15) is 0 Å². The van der Waals surface area contributed by atoms with Gasteiger partial charge in [0.2, 0.25) is 5.91 Å². The van der Waals surface area contributed by atoms with Crippen molar-refractivity contribution < 1.29 is 13.2 Å². The van der Waals surface area contributed by atoms with Crippen LogP contribution in [0, 0.1) is 0 Å². The number of rotatable bonds is 8. The maximum Gasteiger partial charge on any atom is 0.235 e. The summed E-state index contributed by atoms with van der Waals surface area (Å²) in [5.74, 6) is -0.793. The second-order valence-electron chi connectivity index (χ2n) is 5.77. The highest BCUT2D eigenvalue weighted by Gasteiger charge is 2.16. The van der Waals surface area contributed by atoms with Crippen LogP contribution in [0.4, 0.5) is 0 Å². The van der Waals surface area contributed by atoms with Crippen molar-refractivity contribution in [3.63, 3.8) is 0 Å². The molecule has 2 N–H and O–H groups in total. The van der Waals surface area contributed by atoms with Crippen molar-refractivity contribution in [2.24, 2.45) is 0 Å². The summed E-state index contributed by atoms with van der Waals surface area (Å²) in [6.07, 6.45) is 4.18. The lowest BCUT2D eigenvalue weighted by molar-refractivity contribution is -0.118. The van der Waals surface area contributed by atoms with E-state index >= 15 is 0 Å². The van der Waals surface area contributed by atoms with Gasteiger partial charge in [0.05, 0.1) is 5.75 Å². The number of benzene rings is 1. The van der Waals surface area contributed by atoms with E-state index in [1.54, 1.807) is 0 Å². The second kappa shape index (κ2) is 10.5. The smallest absolute Gasteiger partial charge is 0.235 e. The number of amides is 1. The number of aryl methyl sites for hydroxylation is 1. The summed E-state index contributed by atoms with van der Waals surface area (Å²) < 4.78 is 24.0. The Kier molecular flexibility index (Phi) is 9.03. The molecule has 0 saturated heterocycles. The zero-order valence-electron chi connectivity index (χ0n) is 13.7. The number of hydrogen-bond acceptors (Lipinski definition) is 4. The molecule has 0 saturated carbocycles. The third kappa shape index (κ3) is 7.95. The third-order valence-corrected chi connectivity index (χ3v) is 5.40. The van der Waals surface area contributed by atoms with E-state index in [1.165, 1.54) is 0 Å². The maximum absolute atomic E-state index is 12.0. The van der Waals surface area contributed by atoms with Crippen LogP contribution < -0.4 is 10.6 Å². The number of nitrogens with one attached hydrogen (secondary N) is 2. The molecule has 0 unspecified atom stereocenters. The fourth-order valence-corrected chi connectivity index (χ4v) is 3.74. The minimum atomic E-state index is -3.35. The molecule has 0 aliphatic carbocycles. The first kappa shape index (κ1) is 20.7. The fraction of sp³-hybridized carbons (Fsp3) is 0.471. The molecule has 1 aromatic carbocycles. The van der Waals surface area contributed by atoms with E-state index in [9.17, 15) is 13.2 Å². The Labute approximate surface area is 150 Å². The summed E-state index contributed by atoms with van der Waals surface area (Å²) in [6.45, 7) is 2.16. The highest BCUT2D eigenvalue weighted by molar-refractivity contribution is 7.92. The van der Waals surface area contributed by atoms with Gasteiger partial charge in [0.25, 0.3) is 0 Å². The van der Waals surface area contributed by atoms with Crippen LogP contribution in [0.25, 0.3) is 0 Å². The van der Waals surface area contributed by atoms with E-state index in [0.717, 1.165) is 30.6 Å². The zero-order valence-corrected chi connectivity index (χ0v) is 15.3. The van der Waals surface area contributed by atoms with Crippen molar-refractivity contribution in [3.8, 4) is 0 Å². The average molecular weight is 373 g/mol. The molecule has 7 heteroatoms. The Morgan fingerprint density at radius 3 is 2.62 bits per heavy atom. The van der Waals surface area contributed by atoms with Gasteiger partial charge in [0.1, 0.15) is 5.75 Å². The second-order valence-corrected chi connectivity index (χ2v) is 7.96. The van der Waals surface area contributed by atoms with E-state index in [0.29, 0.717) is 19.4 Å². The number of sulfone groups is 1. The third-order valence-electron chi connectivity index (χ3n) is 3.79. The Morgan fingerprint density at radius 2 is 1.96 bits per heavy atom. The highest BCUT2D eigenvalue weighted by atomic mass is 35.5. The van der Waals surface area contributed by atoms with E-state index < -0.39 is 21.5 Å². The highest BCUT2D eigenvalue weighted by Crippen LogP contribution is 2.05. The van der Waals surface area contributed by atoms with Crippen molar-refractivity contribution in [2.75, 3.05) is 31.1 Å². The first-order valence-corrected chi connectivity index (χ1v) is 9.77. The topological polar surface area (TPSA) is 75.3 Å². The monoisotopic (exact) mass is 372 g/mol. The standard InChI is InChI=1S/C17H24N2O3S.ClH/c20-17(19-13-16-8-10-18-11-9-16)14-23(21,22)12-4-7-15-5-2-1-3-6-15;/h1-3,5-6,8,18H,4,7,9-14H2,(H,19,20);1H. The summed E-state index contributed by atoms with van der Waals surface area (Å²) in [4.78, 5) is 11.8. The van der Waals surface area contributed by atoms with E-state index in [2.05, 4.69) is 10.6 Å². The molecule has 0 spiro atoms. The lowest BCUT2D eigenvalue weighted by Gasteiger charge is -2.14. The SMILES string of the molecule is Cl.O=C(CS(=O)(=O)CCCc1ccccc1)NCC1=CCNCC1. The predicted octanol–water partition coefficient (Wildman–Crippen LogP) is 1.49. The van der Waals surface area contributed by atoms with Gasteiger partial charge < -0.3 is 10.6 Å². The van der Waals surface area contributed by atoms with Crippen LogP contribution in [0.1, 0.15) is 18.4 Å². The molecule has 24 heavy (non-hydrogen) atoms. The van der Waals surface area contributed by atoms with Crippen molar-refractivity contribution in [3.05, 3.63) is 47.5 Å². The summed E-state index contributed by atoms with van der Waals surface area (Å²) in [7, 11) is -3.35. The van der Waals surface area contributed by atoms with Crippen LogP contribution in [0.15, 0.2) is 42.0 Å². The Balaban J connectivity index is 0.00000288. The van der Waals surface area contributed by atoms with E-state index in [1.807, 2.05) is 36.4 Å². The number of hydrogen-bond donors (Lipinski definition) is 2. The van der Waals surface area contributed by atoms with Gasteiger partial charge in [-0.05, 0) is 31.4 Å². The molecular weight excluding hydrogens is 348 g/mol. The molecule has 0 bridgehead atoms. The summed E-state index contributed by atoms with van der Waals surface area (Å²) in [5, 5.41) is 5.89. The molecule has 1 aromatic rings. The van der Waals surface area contributed by atoms with Crippen LogP contribution in [-0.4, -0.2) is 45.5 Å². The minimum absolute atomic E-state index is 0. The van der Waals surface area contributed by atoms with Crippen LogP contribution in [0.5, 0.6) is 0 Å². The molecule has 1 heterocycles. The molecule has 1 aliphatic rings. The first-order valence-electron chi connectivity index (χ1n) is 7.95. The molecule has 134 valence electrons. The fourth-order valence-electron chi connectivity index (χ4n) is 2.51. The van der Waals surface area contributed by atoms with Gasteiger partial charge in [0.15, 0.2) is 9.84 Å². The van der Waals surface area contributed by atoms with Gasteiger partial charge in [-0.1, -0.05) is 42.0 Å². The molecule has 0 atom stereocenters. The van der Waals surface area contributed by atoms with Crippen molar-refractivity contribution in [1.82, 2.24) is 10.6 Å². The van der Waals surface area contributed by atoms with Gasteiger partial charge >= 0.3 is 0 Å². The summed E-state index contributed by atoms with van der Waals surface area (Å²) in [6, 6.07) is 9.76. The van der Waals surface area contributed by atoms with E-state index in [-0.39, 0.29) is 18.2 Å². The Hall–Kier alpha value is -1.37. The molecule has 0 radical (unpaired) electrons. The zero-order chi connectivity index (χ0) is 16.5. The van der Waals surface area contributed by atoms with Crippen molar-refractivity contribution in [1.29, 1.82) is 0 Å². The van der Waals surface area contributed by atoms with Crippen LogP contribution in [0.2, 0.25) is 0 Å². The molecule has 2 rings (SSSR count). The molecular formula is C17H25ClN2O3S. The predicted molar refractivity (Wildman–Crippen MR) is 99.2 cm³/mol. The maximum atomic E-state index is 12.0. The van der Waals surface area contributed by atoms with E-state index in [4.69, 9.17) is 0 Å². The summed E-state index contributed by atoms with van der Waals surface area (Å²) in [5.41, 5.74) is 2.27. The van der Waals surface area contributed by atoms with Crippen molar-refractivity contribution >= 4 is 28.2 Å². The molecule has 0 aromatic heterocycles. The molecule has 1 aliphatic heterocycles. The molecule has 1 amide bonds.